The van der Waals surface area contributed by atoms with E-state index in [1.807, 2.05) is 0 Å². The van der Waals surface area contributed by atoms with Crippen molar-refractivity contribution in [2.24, 2.45) is 5.92 Å². The fourth-order valence-corrected chi connectivity index (χ4v) is 5.28. The molecule has 0 spiro atoms. The highest BCUT2D eigenvalue weighted by molar-refractivity contribution is 6.58. The van der Waals surface area contributed by atoms with Crippen LogP contribution in [0.1, 0.15) is 53.4 Å². The van der Waals surface area contributed by atoms with Crippen LogP contribution in [0.15, 0.2) is 0 Å². The van der Waals surface area contributed by atoms with Crippen molar-refractivity contribution in [2.45, 2.75) is 71.5 Å². The van der Waals surface area contributed by atoms with Gasteiger partial charge in [0.05, 0.1) is 0 Å². The Labute approximate surface area is 86.7 Å². The molecule has 0 aliphatic rings. The monoisotopic (exact) mass is 199 g/mol. The molecule has 0 aromatic carbocycles. The first-order valence-corrected chi connectivity index (χ1v) is 8.16. The summed E-state index contributed by atoms with van der Waals surface area (Å²) in [4.78, 5) is 0. The molecule has 0 amide bonds. The molecule has 0 saturated carbocycles. The zero-order valence-corrected chi connectivity index (χ0v) is 11.0. The Morgan fingerprint density at radius 2 is 1.38 bits per heavy atom. The lowest BCUT2D eigenvalue weighted by atomic mass is 10.3. The van der Waals surface area contributed by atoms with Crippen molar-refractivity contribution in [1.82, 2.24) is 0 Å². The second kappa shape index (κ2) is 8.80. The van der Waals surface area contributed by atoms with Crippen molar-refractivity contribution in [3.63, 3.8) is 0 Å². The second-order valence-corrected chi connectivity index (χ2v) is 7.46. The van der Waals surface area contributed by atoms with Gasteiger partial charge in [0, 0.05) is 8.80 Å². The van der Waals surface area contributed by atoms with E-state index in [2.05, 4.69) is 27.7 Å². The Morgan fingerprint density at radius 1 is 0.923 bits per heavy atom. The van der Waals surface area contributed by atoms with Crippen LogP contribution in [0.4, 0.5) is 0 Å². The summed E-state index contributed by atoms with van der Waals surface area (Å²) in [5.74, 6) is 0.933. The third-order valence-electron chi connectivity index (χ3n) is 2.46. The maximum Gasteiger partial charge on any atom is 0.0481 e. The van der Waals surface area contributed by atoms with Gasteiger partial charge in [-0.25, -0.2) is 0 Å². The third-order valence-corrected chi connectivity index (χ3v) is 5.98. The average molecular weight is 199 g/mol. The van der Waals surface area contributed by atoms with Gasteiger partial charge >= 0.3 is 0 Å². The fraction of sp³-hybridized carbons (Fsp3) is 1.00. The first kappa shape index (κ1) is 13.2. The molecule has 0 aliphatic carbocycles. The quantitative estimate of drug-likeness (QED) is 0.495. The van der Waals surface area contributed by atoms with E-state index in [1.54, 1.807) is 18.1 Å². The lowest BCUT2D eigenvalue weighted by Crippen LogP contribution is -2.14. The summed E-state index contributed by atoms with van der Waals surface area (Å²) in [6, 6.07) is 4.68. The molecule has 0 fully saturated rings. The minimum atomic E-state index is 0.0306. The van der Waals surface area contributed by atoms with Crippen LogP contribution in [-0.4, -0.2) is 8.80 Å². The normalized spacial score (nSPS) is 11.5. The van der Waals surface area contributed by atoms with Gasteiger partial charge in [-0.3, -0.25) is 0 Å². The average Bonchev–Trinajstić information content (AvgIpc) is 2.09. The van der Waals surface area contributed by atoms with E-state index < -0.39 is 0 Å². The minimum Gasteiger partial charge on any atom is -0.0654 e. The Bertz CT molecular complexity index is 91.3. The summed E-state index contributed by atoms with van der Waals surface area (Å²) in [6.45, 7) is 9.38. The van der Waals surface area contributed by atoms with Gasteiger partial charge in [0.1, 0.15) is 0 Å². The minimum absolute atomic E-state index is 0.0306. The zero-order valence-electron chi connectivity index (χ0n) is 10.0. The van der Waals surface area contributed by atoms with Gasteiger partial charge < -0.3 is 0 Å². The highest BCUT2D eigenvalue weighted by Gasteiger charge is 2.11. The topological polar surface area (TPSA) is 0 Å². The van der Waals surface area contributed by atoms with Crippen LogP contribution in [0.25, 0.3) is 0 Å². The molecule has 0 aliphatic heterocycles. The summed E-state index contributed by atoms with van der Waals surface area (Å²) < 4.78 is 0. The van der Waals surface area contributed by atoms with Crippen molar-refractivity contribution < 1.29 is 0 Å². The molecule has 0 atom stereocenters. The van der Waals surface area contributed by atoms with E-state index in [0.717, 1.165) is 5.92 Å². The fourth-order valence-electron chi connectivity index (χ4n) is 1.76. The van der Waals surface area contributed by atoms with Crippen molar-refractivity contribution in [3.05, 3.63) is 0 Å². The molecule has 1 heteroatoms. The van der Waals surface area contributed by atoms with Crippen molar-refractivity contribution in [3.8, 4) is 0 Å². The molecule has 0 aromatic rings. The molecular weight excluding hydrogens is 172 g/mol. The molecule has 79 valence electrons. The van der Waals surface area contributed by atoms with Crippen LogP contribution >= 0.6 is 0 Å². The largest absolute Gasteiger partial charge is 0.0654 e. The highest BCUT2D eigenvalue weighted by atomic mass is 28.3. The Morgan fingerprint density at radius 3 is 1.69 bits per heavy atom. The Hall–Kier alpha value is 0.217. The number of hydrogen-bond acceptors (Lipinski definition) is 0. The summed E-state index contributed by atoms with van der Waals surface area (Å²) in [6.07, 6.45) is 5.73. The van der Waals surface area contributed by atoms with Gasteiger partial charge in [-0.2, -0.15) is 0 Å². The molecular formula is C12H27Si. The molecule has 13 heavy (non-hydrogen) atoms. The van der Waals surface area contributed by atoms with Crippen molar-refractivity contribution >= 4 is 8.80 Å². The van der Waals surface area contributed by atoms with Crippen LogP contribution in [-0.2, 0) is 0 Å². The molecule has 0 N–H and O–H groups in total. The van der Waals surface area contributed by atoms with Gasteiger partial charge in [0.2, 0.25) is 0 Å². The summed E-state index contributed by atoms with van der Waals surface area (Å²) >= 11 is 0. The zero-order chi connectivity index (χ0) is 10.1. The van der Waals surface area contributed by atoms with Crippen molar-refractivity contribution in [1.29, 1.82) is 0 Å². The Kier molecular flexibility index (Phi) is 8.95. The molecule has 0 bridgehead atoms. The first-order chi connectivity index (χ1) is 6.20. The highest BCUT2D eigenvalue weighted by Crippen LogP contribution is 2.17. The molecule has 0 heterocycles. The smallest absolute Gasteiger partial charge is 0.0481 e. The van der Waals surface area contributed by atoms with Gasteiger partial charge in [-0.1, -0.05) is 71.5 Å². The van der Waals surface area contributed by atoms with Gasteiger partial charge in [0.15, 0.2) is 0 Å². The summed E-state index contributed by atoms with van der Waals surface area (Å²) in [5, 5.41) is 0. The van der Waals surface area contributed by atoms with Gasteiger partial charge in [-0.05, 0) is 5.92 Å². The standard InChI is InChI=1S/C12H27Si/c1-5-7-9-13(10-8-6-2)11-12(3)4/h12H,5-11H2,1-4H3. The van der Waals surface area contributed by atoms with Crippen LogP contribution in [0.2, 0.25) is 18.1 Å². The summed E-state index contributed by atoms with van der Waals surface area (Å²) in [5.41, 5.74) is 0. The maximum absolute atomic E-state index is 2.38. The predicted molar refractivity (Wildman–Crippen MR) is 64.8 cm³/mol. The number of unbranched alkanes of at least 4 members (excludes halogenated alkanes) is 2. The lowest BCUT2D eigenvalue weighted by Gasteiger charge is -2.16. The van der Waals surface area contributed by atoms with Crippen LogP contribution in [0.5, 0.6) is 0 Å². The van der Waals surface area contributed by atoms with Crippen LogP contribution in [0.3, 0.4) is 0 Å². The van der Waals surface area contributed by atoms with Crippen LogP contribution < -0.4 is 0 Å². The molecule has 0 rings (SSSR count). The van der Waals surface area contributed by atoms with E-state index in [-0.39, 0.29) is 8.80 Å². The number of hydrogen-bond donors (Lipinski definition) is 0. The maximum atomic E-state index is 2.38. The van der Waals surface area contributed by atoms with Gasteiger partial charge in [0.25, 0.3) is 0 Å². The molecule has 0 saturated heterocycles. The van der Waals surface area contributed by atoms with E-state index in [4.69, 9.17) is 0 Å². The van der Waals surface area contributed by atoms with Crippen LogP contribution in [0, 0.1) is 5.92 Å². The van der Waals surface area contributed by atoms with E-state index in [9.17, 15) is 0 Å². The third kappa shape index (κ3) is 8.54. The number of rotatable bonds is 8. The first-order valence-electron chi connectivity index (χ1n) is 6.04. The van der Waals surface area contributed by atoms with E-state index >= 15 is 0 Å². The van der Waals surface area contributed by atoms with E-state index in [1.165, 1.54) is 25.7 Å². The van der Waals surface area contributed by atoms with E-state index in [0.29, 0.717) is 0 Å². The SMILES string of the molecule is CCCC[Si](CCCC)CC(C)C. The molecule has 0 nitrogen and oxygen atoms in total. The lowest BCUT2D eigenvalue weighted by molar-refractivity contribution is 0.711. The Balaban J connectivity index is 3.60. The molecule has 1 radical (unpaired) electrons. The summed E-state index contributed by atoms with van der Waals surface area (Å²) in [7, 11) is 0.0306. The predicted octanol–water partition coefficient (Wildman–Crippen LogP) is 4.74. The van der Waals surface area contributed by atoms with Gasteiger partial charge in [-0.15, -0.1) is 0 Å². The molecule has 0 aromatic heterocycles. The van der Waals surface area contributed by atoms with Crippen molar-refractivity contribution in [2.75, 3.05) is 0 Å². The molecule has 0 unspecified atom stereocenters. The second-order valence-electron chi connectivity index (χ2n) is 4.56.